The first kappa shape index (κ1) is 13.4. The van der Waals surface area contributed by atoms with Crippen LogP contribution < -0.4 is 0 Å². The van der Waals surface area contributed by atoms with Gasteiger partial charge in [-0.05, 0) is 27.2 Å². The summed E-state index contributed by atoms with van der Waals surface area (Å²) in [5, 5.41) is 0. The monoisotopic (exact) mass is 204 g/mol. The number of rotatable bonds is 7. The van der Waals surface area contributed by atoms with Gasteiger partial charge < -0.3 is 4.74 Å². The molecule has 0 saturated carbocycles. The summed E-state index contributed by atoms with van der Waals surface area (Å²) in [4.78, 5) is 20.7. The van der Waals surface area contributed by atoms with Crippen LogP contribution in [-0.2, 0) is 19.3 Å². The van der Waals surface area contributed by atoms with Gasteiger partial charge in [-0.25, -0.2) is 9.78 Å². The molecule has 4 nitrogen and oxygen atoms in total. The van der Waals surface area contributed by atoms with Crippen molar-refractivity contribution < 1.29 is 19.3 Å². The van der Waals surface area contributed by atoms with Gasteiger partial charge in [-0.1, -0.05) is 6.92 Å². The van der Waals surface area contributed by atoms with Crippen molar-refractivity contribution in [3.8, 4) is 0 Å². The third-order valence-corrected chi connectivity index (χ3v) is 2.04. The van der Waals surface area contributed by atoms with Crippen molar-refractivity contribution >= 4 is 5.97 Å². The Balaban J connectivity index is 3.54. The van der Waals surface area contributed by atoms with E-state index >= 15 is 0 Å². The van der Waals surface area contributed by atoms with Crippen molar-refractivity contribution in [2.24, 2.45) is 5.41 Å². The van der Waals surface area contributed by atoms with Crippen LogP contribution in [0.4, 0.5) is 0 Å². The first-order valence-electron chi connectivity index (χ1n) is 4.96. The third kappa shape index (κ3) is 5.19. The van der Waals surface area contributed by atoms with Crippen LogP contribution in [0.15, 0.2) is 0 Å². The maximum absolute atomic E-state index is 11.4. The van der Waals surface area contributed by atoms with Crippen molar-refractivity contribution in [3.05, 3.63) is 0 Å². The highest BCUT2D eigenvalue weighted by Gasteiger charge is 2.26. The summed E-state index contributed by atoms with van der Waals surface area (Å²) >= 11 is 0. The molecule has 0 bridgehead atoms. The van der Waals surface area contributed by atoms with E-state index in [1.54, 1.807) is 0 Å². The zero-order valence-corrected chi connectivity index (χ0v) is 9.46. The molecule has 0 atom stereocenters. The second kappa shape index (κ2) is 6.79. The number of carbonyl (C=O) groups is 1. The zero-order valence-electron chi connectivity index (χ0n) is 9.46. The predicted molar refractivity (Wildman–Crippen MR) is 52.6 cm³/mol. The molecule has 0 aromatic heterocycles. The summed E-state index contributed by atoms with van der Waals surface area (Å²) < 4.78 is 5.00. The Hall–Kier alpha value is -0.610. The fourth-order valence-electron chi connectivity index (χ4n) is 0.650. The Kier molecular flexibility index (Phi) is 6.49. The van der Waals surface area contributed by atoms with Gasteiger partial charge in [-0.2, -0.15) is 0 Å². The highest BCUT2D eigenvalue weighted by Crippen LogP contribution is 2.21. The molecule has 0 rings (SSSR count). The average molecular weight is 204 g/mol. The zero-order chi connectivity index (χ0) is 11.0. The summed E-state index contributed by atoms with van der Waals surface area (Å²) in [5.41, 5.74) is -0.411. The van der Waals surface area contributed by atoms with Crippen LogP contribution in [-0.4, -0.2) is 25.8 Å². The van der Waals surface area contributed by atoms with Crippen molar-refractivity contribution in [1.82, 2.24) is 0 Å². The quantitative estimate of drug-likeness (QED) is 0.275. The second-order valence-electron chi connectivity index (χ2n) is 3.60. The Morgan fingerprint density at radius 3 is 2.29 bits per heavy atom. The Morgan fingerprint density at radius 1 is 1.14 bits per heavy atom. The van der Waals surface area contributed by atoms with Crippen LogP contribution in [0.1, 0.15) is 34.1 Å². The van der Waals surface area contributed by atoms with E-state index in [9.17, 15) is 4.79 Å². The summed E-state index contributed by atoms with van der Waals surface area (Å²) in [7, 11) is 0. The Morgan fingerprint density at radius 2 is 1.79 bits per heavy atom. The highest BCUT2D eigenvalue weighted by molar-refractivity contribution is 5.75. The summed E-state index contributed by atoms with van der Waals surface area (Å²) in [6.07, 6.45) is 0.762. The van der Waals surface area contributed by atoms with Crippen molar-refractivity contribution in [3.63, 3.8) is 0 Å². The smallest absolute Gasteiger partial charge is 0.311 e. The topological polar surface area (TPSA) is 44.8 Å². The van der Waals surface area contributed by atoms with Gasteiger partial charge in [0.05, 0.1) is 12.0 Å². The normalized spacial score (nSPS) is 11.4. The molecule has 0 spiro atoms. The highest BCUT2D eigenvalue weighted by atomic mass is 17.2. The molecule has 0 aliphatic carbocycles. The first-order chi connectivity index (χ1) is 6.54. The van der Waals surface area contributed by atoms with E-state index in [4.69, 9.17) is 9.62 Å². The maximum atomic E-state index is 11.4. The molecule has 84 valence electrons. The third-order valence-electron chi connectivity index (χ3n) is 2.04. The van der Waals surface area contributed by atoms with Gasteiger partial charge in [0.1, 0.15) is 13.2 Å². The van der Waals surface area contributed by atoms with Gasteiger partial charge in [0, 0.05) is 0 Å². The van der Waals surface area contributed by atoms with Crippen molar-refractivity contribution in [1.29, 1.82) is 0 Å². The minimum atomic E-state index is -0.411. The Labute approximate surface area is 85.5 Å². The van der Waals surface area contributed by atoms with Crippen molar-refractivity contribution in [2.75, 3.05) is 19.8 Å². The molecule has 0 unspecified atom stereocenters. The molecule has 0 fully saturated rings. The van der Waals surface area contributed by atoms with Gasteiger partial charge in [0.25, 0.3) is 0 Å². The van der Waals surface area contributed by atoms with E-state index in [1.807, 2.05) is 27.7 Å². The molecule has 0 radical (unpaired) electrons. The molecule has 0 N–H and O–H groups in total. The fourth-order valence-corrected chi connectivity index (χ4v) is 0.650. The fraction of sp³-hybridized carbons (Fsp3) is 0.900. The van der Waals surface area contributed by atoms with E-state index in [-0.39, 0.29) is 19.2 Å². The number of esters is 1. The predicted octanol–water partition coefficient (Wildman–Crippen LogP) is 1.93. The van der Waals surface area contributed by atoms with Crippen LogP contribution in [0.2, 0.25) is 0 Å². The molecule has 0 heterocycles. The standard InChI is InChI=1S/C10H20O4/c1-5-10(3,4)9(11)12-7-8-14-13-6-2/h5-8H2,1-4H3. The number of hydrogen-bond acceptors (Lipinski definition) is 4. The summed E-state index contributed by atoms with van der Waals surface area (Å²) in [5.74, 6) is -0.194. The average Bonchev–Trinajstić information content (AvgIpc) is 2.17. The minimum Gasteiger partial charge on any atom is -0.463 e. The first-order valence-corrected chi connectivity index (χ1v) is 4.96. The lowest BCUT2D eigenvalue weighted by Gasteiger charge is -2.19. The Bertz CT molecular complexity index is 166. The lowest BCUT2D eigenvalue weighted by atomic mass is 9.91. The van der Waals surface area contributed by atoms with Crippen LogP contribution in [0.25, 0.3) is 0 Å². The molecule has 0 amide bonds. The molecule has 4 heteroatoms. The number of ether oxygens (including phenoxy) is 1. The maximum Gasteiger partial charge on any atom is 0.311 e. The number of carbonyl (C=O) groups excluding carboxylic acids is 1. The molecule has 0 aliphatic rings. The lowest BCUT2D eigenvalue weighted by Crippen LogP contribution is -2.27. The van der Waals surface area contributed by atoms with Crippen LogP contribution in [0, 0.1) is 5.41 Å². The van der Waals surface area contributed by atoms with Crippen LogP contribution >= 0.6 is 0 Å². The largest absolute Gasteiger partial charge is 0.463 e. The van der Waals surface area contributed by atoms with E-state index in [0.717, 1.165) is 6.42 Å². The van der Waals surface area contributed by atoms with Gasteiger partial charge in [-0.3, -0.25) is 4.79 Å². The SMILES string of the molecule is CCOOCCOC(=O)C(C)(C)CC. The molecular formula is C10H20O4. The molecule has 0 aromatic carbocycles. The van der Waals surface area contributed by atoms with E-state index in [1.165, 1.54) is 0 Å². The minimum absolute atomic E-state index is 0.194. The van der Waals surface area contributed by atoms with Crippen LogP contribution in [0.3, 0.4) is 0 Å². The van der Waals surface area contributed by atoms with Crippen molar-refractivity contribution in [2.45, 2.75) is 34.1 Å². The van der Waals surface area contributed by atoms with E-state index < -0.39 is 5.41 Å². The molecule has 0 aromatic rings. The molecule has 0 aliphatic heterocycles. The molecule has 0 saturated heterocycles. The second-order valence-corrected chi connectivity index (χ2v) is 3.60. The number of hydrogen-bond donors (Lipinski definition) is 0. The summed E-state index contributed by atoms with van der Waals surface area (Å²) in [6, 6.07) is 0. The van der Waals surface area contributed by atoms with E-state index in [0.29, 0.717) is 6.61 Å². The van der Waals surface area contributed by atoms with Gasteiger partial charge in [0.15, 0.2) is 0 Å². The molecule has 14 heavy (non-hydrogen) atoms. The van der Waals surface area contributed by atoms with Gasteiger partial charge >= 0.3 is 5.97 Å². The lowest BCUT2D eigenvalue weighted by molar-refractivity contribution is -0.295. The van der Waals surface area contributed by atoms with E-state index in [2.05, 4.69) is 4.89 Å². The van der Waals surface area contributed by atoms with Gasteiger partial charge in [-0.15, -0.1) is 0 Å². The van der Waals surface area contributed by atoms with Gasteiger partial charge in [0.2, 0.25) is 0 Å². The molecular weight excluding hydrogens is 184 g/mol. The van der Waals surface area contributed by atoms with Crippen LogP contribution in [0.5, 0.6) is 0 Å². The summed E-state index contributed by atoms with van der Waals surface area (Å²) in [6.45, 7) is 8.51.